The summed E-state index contributed by atoms with van der Waals surface area (Å²) in [7, 11) is 3.31. The van der Waals surface area contributed by atoms with Crippen LogP contribution in [-0.4, -0.2) is 57.8 Å². The Morgan fingerprint density at radius 3 is 2.57 bits per heavy atom. The topological polar surface area (TPSA) is 50.8 Å². The molecular formula is C18H28N2O3. The molecule has 0 aromatic heterocycles. The van der Waals surface area contributed by atoms with Crippen molar-refractivity contribution in [3.8, 4) is 0 Å². The van der Waals surface area contributed by atoms with Gasteiger partial charge in [0.2, 0.25) is 0 Å². The number of nitrogens with one attached hydrogen (secondary N) is 1. The Morgan fingerprint density at radius 2 is 1.96 bits per heavy atom. The Labute approximate surface area is 139 Å². The summed E-state index contributed by atoms with van der Waals surface area (Å²) in [6, 6.07) is 9.62. The molecule has 1 heterocycles. The second-order valence-corrected chi connectivity index (χ2v) is 6.05. The molecule has 1 aliphatic rings. The maximum absolute atomic E-state index is 12.4. The minimum absolute atomic E-state index is 0.0551. The first kappa shape index (κ1) is 17.9. The number of amides is 1. The second kappa shape index (κ2) is 9.65. The fourth-order valence-corrected chi connectivity index (χ4v) is 2.99. The standard InChI is InChI=1S/C18H28N2O3/c1-22-13-12-20-10-8-15(9-11-20)14-19-18(21)17(23-2)16-6-4-3-5-7-16/h3-7,15,17H,8-14H2,1-2H3,(H,19,21). The molecular weight excluding hydrogens is 292 g/mol. The van der Waals surface area contributed by atoms with Gasteiger partial charge in [0.05, 0.1) is 6.61 Å². The molecule has 1 aromatic carbocycles. The van der Waals surface area contributed by atoms with E-state index in [9.17, 15) is 4.79 Å². The van der Waals surface area contributed by atoms with Crippen molar-refractivity contribution in [2.45, 2.75) is 18.9 Å². The molecule has 1 amide bonds. The summed E-state index contributed by atoms with van der Waals surface area (Å²) in [6.45, 7) is 4.67. The summed E-state index contributed by atoms with van der Waals surface area (Å²) in [6.07, 6.45) is 1.71. The van der Waals surface area contributed by atoms with Crippen molar-refractivity contribution < 1.29 is 14.3 Å². The zero-order valence-corrected chi connectivity index (χ0v) is 14.2. The van der Waals surface area contributed by atoms with E-state index in [0.717, 1.165) is 51.2 Å². The summed E-state index contributed by atoms with van der Waals surface area (Å²) in [5, 5.41) is 3.05. The molecule has 1 aliphatic heterocycles. The van der Waals surface area contributed by atoms with Gasteiger partial charge in [-0.2, -0.15) is 0 Å². The van der Waals surface area contributed by atoms with Crippen molar-refractivity contribution in [2.75, 3.05) is 47.0 Å². The Bertz CT molecular complexity index is 459. The van der Waals surface area contributed by atoms with E-state index >= 15 is 0 Å². The molecule has 1 fully saturated rings. The van der Waals surface area contributed by atoms with Gasteiger partial charge in [0.25, 0.3) is 5.91 Å². The molecule has 128 valence electrons. The van der Waals surface area contributed by atoms with Crippen molar-refractivity contribution in [1.82, 2.24) is 10.2 Å². The molecule has 0 spiro atoms. The third-order valence-corrected chi connectivity index (χ3v) is 4.46. The molecule has 1 N–H and O–H groups in total. The molecule has 5 heteroatoms. The normalized spacial score (nSPS) is 17.8. The van der Waals surface area contributed by atoms with E-state index in [1.165, 1.54) is 0 Å². The summed E-state index contributed by atoms with van der Waals surface area (Å²) in [4.78, 5) is 14.8. The molecule has 0 saturated carbocycles. The Balaban J connectivity index is 1.74. The lowest BCUT2D eigenvalue weighted by atomic mass is 9.96. The minimum atomic E-state index is -0.530. The van der Waals surface area contributed by atoms with Crippen molar-refractivity contribution >= 4 is 5.91 Å². The van der Waals surface area contributed by atoms with Gasteiger partial charge in [-0.15, -0.1) is 0 Å². The van der Waals surface area contributed by atoms with Gasteiger partial charge in [0.1, 0.15) is 0 Å². The van der Waals surface area contributed by atoms with E-state index in [1.807, 2.05) is 30.3 Å². The number of methoxy groups -OCH3 is 2. The number of rotatable bonds is 8. The van der Waals surface area contributed by atoms with Crippen LogP contribution in [0.4, 0.5) is 0 Å². The maximum Gasteiger partial charge on any atom is 0.253 e. The summed E-state index contributed by atoms with van der Waals surface area (Å²) in [5.74, 6) is 0.492. The van der Waals surface area contributed by atoms with Gasteiger partial charge in [-0.25, -0.2) is 0 Å². The van der Waals surface area contributed by atoms with Gasteiger partial charge in [-0.05, 0) is 37.4 Å². The van der Waals surface area contributed by atoms with E-state index < -0.39 is 6.10 Å². The van der Waals surface area contributed by atoms with E-state index in [0.29, 0.717) is 5.92 Å². The lowest BCUT2D eigenvalue weighted by molar-refractivity contribution is -0.131. The van der Waals surface area contributed by atoms with Crippen LogP contribution in [0.3, 0.4) is 0 Å². The van der Waals surface area contributed by atoms with Gasteiger partial charge in [-0.1, -0.05) is 30.3 Å². The van der Waals surface area contributed by atoms with E-state index in [-0.39, 0.29) is 5.91 Å². The number of likely N-dealkylation sites (tertiary alicyclic amines) is 1. The van der Waals surface area contributed by atoms with Gasteiger partial charge in [0, 0.05) is 27.3 Å². The smallest absolute Gasteiger partial charge is 0.253 e. The highest BCUT2D eigenvalue weighted by atomic mass is 16.5. The largest absolute Gasteiger partial charge is 0.383 e. The molecule has 0 aliphatic carbocycles. The Kier molecular flexibility index (Phi) is 7.52. The number of ether oxygens (including phenoxy) is 2. The first-order chi connectivity index (χ1) is 11.2. The van der Waals surface area contributed by atoms with Gasteiger partial charge >= 0.3 is 0 Å². The van der Waals surface area contributed by atoms with Crippen LogP contribution < -0.4 is 5.32 Å². The lowest BCUT2D eigenvalue weighted by Gasteiger charge is -2.32. The van der Waals surface area contributed by atoms with Crippen LogP contribution in [0.1, 0.15) is 24.5 Å². The van der Waals surface area contributed by atoms with Crippen molar-refractivity contribution in [1.29, 1.82) is 0 Å². The summed E-state index contributed by atoms with van der Waals surface area (Å²) < 4.78 is 10.5. The van der Waals surface area contributed by atoms with E-state index in [4.69, 9.17) is 9.47 Å². The average Bonchev–Trinajstić information content (AvgIpc) is 2.60. The molecule has 5 nitrogen and oxygen atoms in total. The first-order valence-corrected chi connectivity index (χ1v) is 8.31. The summed E-state index contributed by atoms with van der Waals surface area (Å²) >= 11 is 0. The second-order valence-electron chi connectivity index (χ2n) is 6.05. The highest BCUT2D eigenvalue weighted by Crippen LogP contribution is 2.18. The molecule has 1 atom stereocenters. The maximum atomic E-state index is 12.4. The van der Waals surface area contributed by atoms with Crippen molar-refractivity contribution in [3.05, 3.63) is 35.9 Å². The minimum Gasteiger partial charge on any atom is -0.383 e. The molecule has 1 saturated heterocycles. The van der Waals surface area contributed by atoms with Crippen molar-refractivity contribution in [3.63, 3.8) is 0 Å². The molecule has 23 heavy (non-hydrogen) atoms. The SMILES string of the molecule is COCCN1CCC(CNC(=O)C(OC)c2ccccc2)CC1. The average molecular weight is 320 g/mol. The molecule has 1 aromatic rings. The van der Waals surface area contributed by atoms with Crippen LogP contribution in [0.5, 0.6) is 0 Å². The monoisotopic (exact) mass is 320 g/mol. The molecule has 0 bridgehead atoms. The highest BCUT2D eigenvalue weighted by molar-refractivity contribution is 5.82. The third kappa shape index (κ3) is 5.61. The van der Waals surface area contributed by atoms with Crippen LogP contribution in [-0.2, 0) is 14.3 Å². The predicted octanol–water partition coefficient (Wildman–Crippen LogP) is 1.85. The number of hydrogen-bond donors (Lipinski definition) is 1. The number of carbonyl (C=O) groups is 1. The number of nitrogens with zero attached hydrogens (tertiary/aromatic N) is 1. The van der Waals surface area contributed by atoms with Gasteiger partial charge in [-0.3, -0.25) is 4.79 Å². The molecule has 2 rings (SSSR count). The van der Waals surface area contributed by atoms with Crippen LogP contribution in [0, 0.1) is 5.92 Å². The van der Waals surface area contributed by atoms with Gasteiger partial charge < -0.3 is 19.7 Å². The Morgan fingerprint density at radius 1 is 1.26 bits per heavy atom. The van der Waals surface area contributed by atoms with Crippen molar-refractivity contribution in [2.24, 2.45) is 5.92 Å². The fraction of sp³-hybridized carbons (Fsp3) is 0.611. The van der Waals surface area contributed by atoms with Crippen LogP contribution in [0.25, 0.3) is 0 Å². The number of hydrogen-bond acceptors (Lipinski definition) is 4. The zero-order chi connectivity index (χ0) is 16.5. The van der Waals surface area contributed by atoms with E-state index in [2.05, 4.69) is 10.2 Å². The van der Waals surface area contributed by atoms with Gasteiger partial charge in [0.15, 0.2) is 6.10 Å². The Hall–Kier alpha value is -1.43. The number of benzene rings is 1. The third-order valence-electron chi connectivity index (χ3n) is 4.46. The molecule has 1 unspecified atom stereocenters. The van der Waals surface area contributed by atoms with Crippen LogP contribution in [0.15, 0.2) is 30.3 Å². The lowest BCUT2D eigenvalue weighted by Crippen LogP contribution is -2.41. The quantitative estimate of drug-likeness (QED) is 0.794. The fourth-order valence-electron chi connectivity index (χ4n) is 2.99. The summed E-state index contributed by atoms with van der Waals surface area (Å²) in [5.41, 5.74) is 0.891. The molecule has 0 radical (unpaired) electrons. The predicted molar refractivity (Wildman–Crippen MR) is 90.2 cm³/mol. The van der Waals surface area contributed by atoms with Crippen LogP contribution in [0.2, 0.25) is 0 Å². The van der Waals surface area contributed by atoms with Crippen LogP contribution >= 0.6 is 0 Å². The first-order valence-electron chi connectivity index (χ1n) is 8.31. The van der Waals surface area contributed by atoms with E-state index in [1.54, 1.807) is 14.2 Å². The number of carbonyl (C=O) groups excluding carboxylic acids is 1. The zero-order valence-electron chi connectivity index (χ0n) is 14.2. The number of piperidine rings is 1. The highest BCUT2D eigenvalue weighted by Gasteiger charge is 2.23.